The second-order valence-electron chi connectivity index (χ2n) is 6.97. The SMILES string of the molecule is C=CCn1c(CC2CCCCC2)nnc1SCC(=O)Nc1ccc(Cl)c(Cl)c1. The Morgan fingerprint density at radius 3 is 2.75 bits per heavy atom. The summed E-state index contributed by atoms with van der Waals surface area (Å²) in [4.78, 5) is 12.3. The predicted molar refractivity (Wildman–Crippen MR) is 116 cm³/mol. The number of nitrogens with zero attached hydrogens (tertiary/aromatic N) is 3. The first kappa shape index (κ1) is 21.2. The fourth-order valence-electron chi connectivity index (χ4n) is 3.44. The van der Waals surface area contributed by atoms with Crippen LogP contribution in [0.1, 0.15) is 37.9 Å². The van der Waals surface area contributed by atoms with Crippen LogP contribution in [-0.2, 0) is 17.8 Å². The van der Waals surface area contributed by atoms with Crippen LogP contribution in [0.4, 0.5) is 5.69 Å². The van der Waals surface area contributed by atoms with Crippen LogP contribution in [0.15, 0.2) is 36.0 Å². The highest BCUT2D eigenvalue weighted by atomic mass is 35.5. The van der Waals surface area contributed by atoms with Gasteiger partial charge in [0.1, 0.15) is 5.82 Å². The number of benzene rings is 1. The molecule has 1 aliphatic rings. The number of hydrogen-bond donors (Lipinski definition) is 1. The molecule has 1 saturated carbocycles. The van der Waals surface area contributed by atoms with Crippen LogP contribution in [0.25, 0.3) is 0 Å². The molecule has 1 fully saturated rings. The Morgan fingerprint density at radius 2 is 2.04 bits per heavy atom. The van der Waals surface area contributed by atoms with E-state index < -0.39 is 0 Å². The van der Waals surface area contributed by atoms with E-state index in [9.17, 15) is 4.79 Å². The number of halogens is 2. The number of amides is 1. The first-order chi connectivity index (χ1) is 13.6. The molecule has 1 aliphatic carbocycles. The summed E-state index contributed by atoms with van der Waals surface area (Å²) in [5.41, 5.74) is 0.616. The van der Waals surface area contributed by atoms with E-state index in [4.69, 9.17) is 23.2 Å². The van der Waals surface area contributed by atoms with Crippen LogP contribution in [0, 0.1) is 5.92 Å². The summed E-state index contributed by atoms with van der Waals surface area (Å²) in [6.45, 7) is 4.49. The first-order valence-electron chi connectivity index (χ1n) is 9.47. The van der Waals surface area contributed by atoms with Gasteiger partial charge in [0.2, 0.25) is 5.91 Å². The summed E-state index contributed by atoms with van der Waals surface area (Å²) in [7, 11) is 0. The van der Waals surface area contributed by atoms with Gasteiger partial charge in [-0.15, -0.1) is 16.8 Å². The third-order valence-corrected chi connectivity index (χ3v) is 6.54. The number of anilines is 1. The van der Waals surface area contributed by atoms with Crippen LogP contribution in [0.3, 0.4) is 0 Å². The van der Waals surface area contributed by atoms with Crippen molar-refractivity contribution in [3.8, 4) is 0 Å². The molecule has 0 unspecified atom stereocenters. The molecule has 28 heavy (non-hydrogen) atoms. The second-order valence-corrected chi connectivity index (χ2v) is 8.73. The average Bonchev–Trinajstić information content (AvgIpc) is 3.06. The molecule has 150 valence electrons. The Labute approximate surface area is 179 Å². The number of allylic oxidation sites excluding steroid dienone is 1. The molecule has 0 spiro atoms. The minimum absolute atomic E-state index is 0.134. The number of carbonyl (C=O) groups is 1. The van der Waals surface area contributed by atoms with Gasteiger partial charge in [-0.1, -0.05) is 73.1 Å². The third kappa shape index (κ3) is 5.75. The van der Waals surface area contributed by atoms with Crippen LogP contribution in [-0.4, -0.2) is 26.4 Å². The summed E-state index contributed by atoms with van der Waals surface area (Å²) in [5.74, 6) is 1.76. The Hall–Kier alpha value is -1.50. The van der Waals surface area contributed by atoms with E-state index in [0.717, 1.165) is 17.4 Å². The molecule has 5 nitrogen and oxygen atoms in total. The van der Waals surface area contributed by atoms with E-state index in [-0.39, 0.29) is 11.7 Å². The summed E-state index contributed by atoms with van der Waals surface area (Å²) >= 11 is 13.3. The monoisotopic (exact) mass is 438 g/mol. The standard InChI is InChI=1S/C20H24Cl2N4OS/c1-2-10-26-18(11-14-6-4-3-5-7-14)24-25-20(26)28-13-19(27)23-15-8-9-16(21)17(22)12-15/h2,8-9,12,14H,1,3-7,10-11,13H2,(H,23,27). The van der Waals surface area contributed by atoms with Gasteiger partial charge < -0.3 is 9.88 Å². The summed E-state index contributed by atoms with van der Waals surface area (Å²) < 4.78 is 2.07. The van der Waals surface area contributed by atoms with E-state index in [0.29, 0.717) is 28.2 Å². The summed E-state index contributed by atoms with van der Waals surface area (Å²) in [6.07, 6.45) is 9.24. The van der Waals surface area contributed by atoms with Crippen molar-refractivity contribution in [3.63, 3.8) is 0 Å². The van der Waals surface area contributed by atoms with E-state index in [2.05, 4.69) is 26.7 Å². The van der Waals surface area contributed by atoms with Gasteiger partial charge in [-0.05, 0) is 24.1 Å². The van der Waals surface area contributed by atoms with Gasteiger partial charge in [-0.25, -0.2) is 0 Å². The summed E-state index contributed by atoms with van der Waals surface area (Å²) in [5, 5.41) is 13.1. The molecule has 0 saturated heterocycles. The Morgan fingerprint density at radius 1 is 1.25 bits per heavy atom. The number of thioether (sulfide) groups is 1. The molecule has 2 aromatic rings. The molecule has 3 rings (SSSR count). The number of carbonyl (C=O) groups excluding carboxylic acids is 1. The number of nitrogens with one attached hydrogen (secondary N) is 1. The third-order valence-electron chi connectivity index (χ3n) is 4.84. The van der Waals surface area contributed by atoms with Crippen LogP contribution < -0.4 is 5.32 Å². The maximum Gasteiger partial charge on any atom is 0.234 e. The van der Waals surface area contributed by atoms with E-state index in [1.54, 1.807) is 18.2 Å². The van der Waals surface area contributed by atoms with E-state index >= 15 is 0 Å². The van der Waals surface area contributed by atoms with Gasteiger partial charge >= 0.3 is 0 Å². The Balaban J connectivity index is 1.60. The normalized spacial score (nSPS) is 14.8. The van der Waals surface area contributed by atoms with Crippen molar-refractivity contribution < 1.29 is 4.79 Å². The molecule has 1 aromatic heterocycles. The van der Waals surface area contributed by atoms with Crippen LogP contribution >= 0.6 is 35.0 Å². The zero-order valence-corrected chi connectivity index (χ0v) is 18.0. The topological polar surface area (TPSA) is 59.8 Å². The van der Waals surface area contributed by atoms with Gasteiger partial charge in [-0.2, -0.15) is 0 Å². The molecule has 8 heteroatoms. The highest BCUT2D eigenvalue weighted by molar-refractivity contribution is 7.99. The maximum absolute atomic E-state index is 12.3. The lowest BCUT2D eigenvalue weighted by Gasteiger charge is -2.21. The van der Waals surface area contributed by atoms with Crippen LogP contribution in [0.5, 0.6) is 0 Å². The minimum Gasteiger partial charge on any atom is -0.325 e. The maximum atomic E-state index is 12.3. The van der Waals surface area contributed by atoms with E-state index in [1.807, 2.05) is 6.08 Å². The van der Waals surface area contributed by atoms with E-state index in [1.165, 1.54) is 43.9 Å². The molecular weight excluding hydrogens is 415 g/mol. The van der Waals surface area contributed by atoms with Gasteiger partial charge in [0.05, 0.1) is 15.8 Å². The van der Waals surface area contributed by atoms with Crippen molar-refractivity contribution in [1.29, 1.82) is 0 Å². The zero-order chi connectivity index (χ0) is 19.9. The fraction of sp³-hybridized carbons (Fsp3) is 0.450. The Kier molecular flexibility index (Phi) is 7.82. The van der Waals surface area contributed by atoms with Gasteiger partial charge in [-0.3, -0.25) is 4.79 Å². The lowest BCUT2D eigenvalue weighted by molar-refractivity contribution is -0.113. The van der Waals surface area contributed by atoms with Gasteiger partial charge in [0.25, 0.3) is 0 Å². The van der Waals surface area contributed by atoms with Crippen molar-refractivity contribution in [3.05, 3.63) is 46.7 Å². The first-order valence-corrected chi connectivity index (χ1v) is 11.2. The minimum atomic E-state index is -0.134. The lowest BCUT2D eigenvalue weighted by atomic mass is 9.87. The predicted octanol–water partition coefficient (Wildman–Crippen LogP) is 5.62. The molecule has 0 radical (unpaired) electrons. The average molecular weight is 439 g/mol. The molecule has 0 bridgehead atoms. The highest BCUT2D eigenvalue weighted by Crippen LogP contribution is 2.28. The zero-order valence-electron chi connectivity index (χ0n) is 15.7. The quantitative estimate of drug-likeness (QED) is 0.428. The lowest BCUT2D eigenvalue weighted by Crippen LogP contribution is -2.15. The number of hydrogen-bond acceptors (Lipinski definition) is 4. The fourth-order valence-corrected chi connectivity index (χ4v) is 4.50. The molecule has 1 heterocycles. The van der Waals surface area contributed by atoms with Crippen molar-refractivity contribution in [2.75, 3.05) is 11.1 Å². The van der Waals surface area contributed by atoms with Crippen molar-refractivity contribution in [2.24, 2.45) is 5.92 Å². The molecule has 0 atom stereocenters. The molecule has 0 aliphatic heterocycles. The van der Waals surface area contributed by atoms with Crippen molar-refractivity contribution in [1.82, 2.24) is 14.8 Å². The largest absolute Gasteiger partial charge is 0.325 e. The highest BCUT2D eigenvalue weighted by Gasteiger charge is 2.19. The number of rotatable bonds is 8. The van der Waals surface area contributed by atoms with Gasteiger partial charge in [0, 0.05) is 18.7 Å². The second kappa shape index (κ2) is 10.3. The van der Waals surface area contributed by atoms with Crippen molar-refractivity contribution >= 4 is 46.6 Å². The molecule has 1 aromatic carbocycles. The molecular formula is C20H24Cl2N4OS. The van der Waals surface area contributed by atoms with Crippen LogP contribution in [0.2, 0.25) is 10.0 Å². The molecule has 1 N–H and O–H groups in total. The van der Waals surface area contributed by atoms with Gasteiger partial charge in [0.15, 0.2) is 5.16 Å². The smallest absolute Gasteiger partial charge is 0.234 e. The number of aromatic nitrogens is 3. The van der Waals surface area contributed by atoms with Crippen molar-refractivity contribution in [2.45, 2.75) is 50.2 Å². The Bertz CT molecular complexity index is 834. The summed E-state index contributed by atoms with van der Waals surface area (Å²) in [6, 6.07) is 5.01. The molecule has 1 amide bonds.